The molecule has 0 saturated carbocycles. The largest absolute Gasteiger partial charge is 0.497 e. The molecule has 0 aliphatic carbocycles. The third kappa shape index (κ3) is 3.88. The van der Waals surface area contributed by atoms with E-state index in [2.05, 4.69) is 5.32 Å². The number of ether oxygens (including phenoxy) is 3. The van der Waals surface area contributed by atoms with Crippen molar-refractivity contribution >= 4 is 22.8 Å². The van der Waals surface area contributed by atoms with Gasteiger partial charge in [0.25, 0.3) is 5.91 Å². The summed E-state index contributed by atoms with van der Waals surface area (Å²) in [6.45, 7) is 0. The van der Waals surface area contributed by atoms with Crippen LogP contribution < -0.4 is 25.0 Å². The number of hydrogen-bond donors (Lipinski definition) is 1. The molecule has 0 radical (unpaired) electrons. The lowest BCUT2D eigenvalue weighted by Crippen LogP contribution is -2.16. The van der Waals surface area contributed by atoms with E-state index in [1.807, 2.05) is 0 Å². The maximum atomic E-state index is 13.4. The zero-order chi connectivity index (χ0) is 22.7. The van der Waals surface area contributed by atoms with Crippen molar-refractivity contribution in [2.24, 2.45) is 0 Å². The van der Waals surface area contributed by atoms with Crippen molar-refractivity contribution in [3.8, 4) is 28.4 Å². The second-order valence-electron chi connectivity index (χ2n) is 6.88. The highest BCUT2D eigenvalue weighted by Crippen LogP contribution is 2.35. The van der Waals surface area contributed by atoms with E-state index in [-0.39, 0.29) is 16.9 Å². The smallest absolute Gasteiger partial charge is 0.257 e. The van der Waals surface area contributed by atoms with Crippen LogP contribution in [0.5, 0.6) is 17.2 Å². The summed E-state index contributed by atoms with van der Waals surface area (Å²) >= 11 is 0. The lowest BCUT2D eigenvalue weighted by atomic mass is 10.0. The van der Waals surface area contributed by atoms with Gasteiger partial charge in [0.05, 0.1) is 32.3 Å². The average Bonchev–Trinajstić information content (AvgIpc) is 2.84. The Balaban J connectivity index is 1.86. The van der Waals surface area contributed by atoms with E-state index in [0.29, 0.717) is 39.3 Å². The molecule has 0 aliphatic rings. The minimum absolute atomic E-state index is 0.0433. The van der Waals surface area contributed by atoms with Gasteiger partial charge in [-0.1, -0.05) is 18.2 Å². The Morgan fingerprint density at radius 3 is 2.25 bits per heavy atom. The first-order valence-electron chi connectivity index (χ1n) is 9.79. The Hall–Kier alpha value is -4.26. The molecule has 0 unspecified atom stereocenters. The molecular formula is C25H21NO6. The van der Waals surface area contributed by atoms with E-state index in [9.17, 15) is 9.59 Å². The summed E-state index contributed by atoms with van der Waals surface area (Å²) in [7, 11) is 4.59. The number of amides is 1. The molecule has 0 saturated heterocycles. The Morgan fingerprint density at radius 1 is 0.844 bits per heavy atom. The first-order valence-corrected chi connectivity index (χ1v) is 9.79. The second-order valence-corrected chi connectivity index (χ2v) is 6.88. The van der Waals surface area contributed by atoms with Crippen LogP contribution in [0.1, 0.15) is 10.4 Å². The van der Waals surface area contributed by atoms with Crippen LogP contribution in [0, 0.1) is 0 Å². The van der Waals surface area contributed by atoms with Crippen molar-refractivity contribution in [3.63, 3.8) is 0 Å². The summed E-state index contributed by atoms with van der Waals surface area (Å²) < 4.78 is 21.8. The first-order chi connectivity index (χ1) is 15.5. The van der Waals surface area contributed by atoms with E-state index in [0.717, 1.165) is 0 Å². The Morgan fingerprint density at radius 2 is 1.56 bits per heavy atom. The third-order valence-corrected chi connectivity index (χ3v) is 5.05. The molecule has 4 rings (SSSR count). The molecule has 1 aromatic heterocycles. The van der Waals surface area contributed by atoms with Crippen molar-refractivity contribution < 1.29 is 23.4 Å². The van der Waals surface area contributed by atoms with Gasteiger partial charge < -0.3 is 18.6 Å². The van der Waals surface area contributed by atoms with Crippen LogP contribution in [0.25, 0.3) is 22.1 Å². The third-order valence-electron chi connectivity index (χ3n) is 5.05. The summed E-state index contributed by atoms with van der Waals surface area (Å²) in [5.41, 5.74) is 1.22. The molecule has 0 fully saturated rings. The summed E-state index contributed by atoms with van der Waals surface area (Å²) in [5, 5.41) is 3.15. The van der Waals surface area contributed by atoms with Crippen LogP contribution in [0.2, 0.25) is 0 Å². The average molecular weight is 431 g/mol. The van der Waals surface area contributed by atoms with E-state index in [4.69, 9.17) is 18.6 Å². The van der Waals surface area contributed by atoms with Gasteiger partial charge in [0, 0.05) is 5.56 Å². The Bertz CT molecular complexity index is 1340. The Labute approximate surface area is 184 Å². The summed E-state index contributed by atoms with van der Waals surface area (Å²) in [6.07, 6.45) is 0. The topological polar surface area (TPSA) is 87.0 Å². The van der Waals surface area contributed by atoms with E-state index < -0.39 is 5.91 Å². The van der Waals surface area contributed by atoms with Crippen molar-refractivity contribution in [2.45, 2.75) is 0 Å². The molecule has 0 atom stereocenters. The highest BCUT2D eigenvalue weighted by molar-refractivity contribution is 6.06. The fourth-order valence-electron chi connectivity index (χ4n) is 3.40. The van der Waals surface area contributed by atoms with Gasteiger partial charge in [-0.05, 0) is 54.1 Å². The molecule has 32 heavy (non-hydrogen) atoms. The number of carbonyl (C=O) groups is 1. The van der Waals surface area contributed by atoms with Crippen molar-refractivity contribution in [1.29, 1.82) is 0 Å². The summed E-state index contributed by atoms with van der Waals surface area (Å²) in [6, 6.07) is 18.6. The number of fused-ring (bicyclic) bond motifs is 1. The van der Waals surface area contributed by atoms with E-state index in [1.165, 1.54) is 14.2 Å². The van der Waals surface area contributed by atoms with Crippen LogP contribution >= 0.6 is 0 Å². The Kier molecular flexibility index (Phi) is 5.81. The van der Waals surface area contributed by atoms with Gasteiger partial charge in [0.15, 0.2) is 11.5 Å². The van der Waals surface area contributed by atoms with Gasteiger partial charge in [-0.25, -0.2) is 0 Å². The van der Waals surface area contributed by atoms with Crippen LogP contribution in [0.15, 0.2) is 75.9 Å². The van der Waals surface area contributed by atoms with Crippen LogP contribution in [0.3, 0.4) is 0 Å². The minimum Gasteiger partial charge on any atom is -0.497 e. The fraction of sp³-hybridized carbons (Fsp3) is 0.120. The second kappa shape index (κ2) is 8.85. The molecule has 1 N–H and O–H groups in total. The SMILES string of the molecule is COc1ccc(C(=O)Nc2oc3ccccc3c(=O)c2-c2ccc(OC)c(OC)c2)cc1. The molecule has 3 aromatic carbocycles. The number of hydrogen-bond acceptors (Lipinski definition) is 6. The predicted octanol–water partition coefficient (Wildman–Crippen LogP) is 4.74. The van der Waals surface area contributed by atoms with Gasteiger partial charge in [-0.3, -0.25) is 14.9 Å². The lowest BCUT2D eigenvalue weighted by Gasteiger charge is -2.13. The fourth-order valence-corrected chi connectivity index (χ4v) is 3.40. The van der Waals surface area contributed by atoms with Gasteiger partial charge in [-0.2, -0.15) is 0 Å². The summed E-state index contributed by atoms with van der Waals surface area (Å²) in [5.74, 6) is 1.22. The van der Waals surface area contributed by atoms with E-state index >= 15 is 0 Å². The summed E-state index contributed by atoms with van der Waals surface area (Å²) in [4.78, 5) is 26.3. The van der Waals surface area contributed by atoms with Gasteiger partial charge in [0.1, 0.15) is 11.3 Å². The highest BCUT2D eigenvalue weighted by Gasteiger charge is 2.20. The van der Waals surface area contributed by atoms with Crippen LogP contribution in [-0.4, -0.2) is 27.2 Å². The predicted molar refractivity (Wildman–Crippen MR) is 122 cm³/mol. The molecule has 0 aliphatic heterocycles. The van der Waals surface area contributed by atoms with Crippen molar-refractivity contribution in [1.82, 2.24) is 0 Å². The molecule has 4 aromatic rings. The number of carbonyl (C=O) groups excluding carboxylic acids is 1. The maximum Gasteiger partial charge on any atom is 0.257 e. The molecule has 7 nitrogen and oxygen atoms in total. The molecular weight excluding hydrogens is 410 g/mol. The van der Waals surface area contributed by atoms with Crippen molar-refractivity contribution in [2.75, 3.05) is 26.6 Å². The zero-order valence-electron chi connectivity index (χ0n) is 17.8. The molecule has 1 heterocycles. The number of benzene rings is 3. The van der Waals surface area contributed by atoms with Crippen molar-refractivity contribution in [3.05, 3.63) is 82.5 Å². The monoisotopic (exact) mass is 431 g/mol. The van der Waals surface area contributed by atoms with Gasteiger partial charge in [-0.15, -0.1) is 0 Å². The van der Waals surface area contributed by atoms with Crippen LogP contribution in [0.4, 0.5) is 5.88 Å². The molecule has 1 amide bonds. The molecule has 0 bridgehead atoms. The number of para-hydroxylation sites is 1. The maximum absolute atomic E-state index is 13.4. The van der Waals surface area contributed by atoms with E-state index in [1.54, 1.807) is 73.8 Å². The number of methoxy groups -OCH3 is 3. The highest BCUT2D eigenvalue weighted by atomic mass is 16.5. The number of anilines is 1. The minimum atomic E-state index is -0.423. The van der Waals surface area contributed by atoms with Crippen LogP contribution in [-0.2, 0) is 0 Å². The number of rotatable bonds is 6. The molecule has 0 spiro atoms. The zero-order valence-corrected chi connectivity index (χ0v) is 17.8. The molecule has 7 heteroatoms. The van der Waals surface area contributed by atoms with Gasteiger partial charge in [0.2, 0.25) is 11.3 Å². The lowest BCUT2D eigenvalue weighted by molar-refractivity contribution is 0.102. The normalized spacial score (nSPS) is 10.6. The standard InChI is InChI=1S/C25H21NO6/c1-29-17-11-8-15(9-12-17)24(28)26-25-22(16-10-13-20(30-2)21(14-16)31-3)23(27)18-6-4-5-7-19(18)32-25/h4-14H,1-3H3,(H,26,28). The van der Waals surface area contributed by atoms with Gasteiger partial charge >= 0.3 is 0 Å². The molecule has 162 valence electrons. The number of nitrogens with one attached hydrogen (secondary N) is 1. The first kappa shape index (κ1) is 21.0. The quantitative estimate of drug-likeness (QED) is 0.475.